The molecule has 3 rings (SSSR count). The summed E-state index contributed by atoms with van der Waals surface area (Å²) in [5.41, 5.74) is 1.29. The Hall–Kier alpha value is -1.98. The quantitative estimate of drug-likeness (QED) is 0.939. The molecule has 0 bridgehead atoms. The molecule has 2 aromatic rings. The maximum atomic E-state index is 14.0. The van der Waals surface area contributed by atoms with Crippen LogP contribution in [0, 0.1) is 11.7 Å². The zero-order chi connectivity index (χ0) is 14.7. The summed E-state index contributed by atoms with van der Waals surface area (Å²) in [6, 6.07) is 5.24. The van der Waals surface area contributed by atoms with E-state index in [-0.39, 0.29) is 5.82 Å². The topological polar surface area (TPSA) is 55.6 Å². The normalized spacial score (nSPS) is 22.2. The molecule has 1 saturated carbocycles. The second kappa shape index (κ2) is 6.20. The summed E-state index contributed by atoms with van der Waals surface area (Å²) < 4.78 is 15.5. The molecule has 1 aromatic carbocycles. The molecule has 1 heterocycles. The van der Waals surface area contributed by atoms with Crippen LogP contribution in [0.3, 0.4) is 0 Å². The van der Waals surface area contributed by atoms with Crippen molar-refractivity contribution < 1.29 is 4.39 Å². The molecule has 21 heavy (non-hydrogen) atoms. The van der Waals surface area contributed by atoms with Gasteiger partial charge in [-0.3, -0.25) is 0 Å². The van der Waals surface area contributed by atoms with E-state index in [1.807, 2.05) is 0 Å². The first-order chi connectivity index (χ1) is 10.3. The molecule has 5 nitrogen and oxygen atoms in total. The van der Waals surface area contributed by atoms with E-state index >= 15 is 0 Å². The minimum Gasteiger partial charge on any atom is -0.380 e. The summed E-state index contributed by atoms with van der Waals surface area (Å²) in [7, 11) is 0. The molecule has 0 spiro atoms. The lowest BCUT2D eigenvalue weighted by Crippen LogP contribution is -2.26. The van der Waals surface area contributed by atoms with Gasteiger partial charge >= 0.3 is 0 Å². The fourth-order valence-corrected chi connectivity index (χ4v) is 2.98. The Bertz CT molecular complexity index is 576. The number of aromatic nitrogens is 4. The van der Waals surface area contributed by atoms with Crippen LogP contribution >= 0.6 is 0 Å². The summed E-state index contributed by atoms with van der Waals surface area (Å²) in [6.07, 6.45) is 7.41. The van der Waals surface area contributed by atoms with Crippen LogP contribution < -0.4 is 5.32 Å². The van der Waals surface area contributed by atoms with Crippen LogP contribution in [-0.2, 0) is 0 Å². The van der Waals surface area contributed by atoms with Gasteiger partial charge < -0.3 is 5.32 Å². The average Bonchev–Trinajstić information content (AvgIpc) is 3.04. The molecule has 0 atom stereocenters. The Morgan fingerprint density at radius 2 is 2.10 bits per heavy atom. The number of hydrogen-bond acceptors (Lipinski definition) is 4. The van der Waals surface area contributed by atoms with Gasteiger partial charge in [0, 0.05) is 6.04 Å². The van der Waals surface area contributed by atoms with E-state index in [1.54, 1.807) is 12.1 Å². The fraction of sp³-hybridized carbons (Fsp3) is 0.533. The van der Waals surface area contributed by atoms with Gasteiger partial charge in [-0.2, -0.15) is 0 Å². The number of nitrogens with zero attached hydrogens (tertiary/aromatic N) is 4. The Morgan fingerprint density at radius 1 is 1.29 bits per heavy atom. The first-order valence-corrected chi connectivity index (χ1v) is 7.55. The number of hydrogen-bond donors (Lipinski definition) is 1. The highest BCUT2D eigenvalue weighted by Crippen LogP contribution is 2.29. The second-order valence-electron chi connectivity index (χ2n) is 5.69. The highest BCUT2D eigenvalue weighted by atomic mass is 19.1. The fourth-order valence-electron chi connectivity index (χ4n) is 2.98. The van der Waals surface area contributed by atoms with E-state index in [0.29, 0.717) is 11.7 Å². The Labute approximate surface area is 123 Å². The molecule has 0 amide bonds. The smallest absolute Gasteiger partial charge is 0.146 e. The molecule has 1 aromatic heterocycles. The van der Waals surface area contributed by atoms with Crippen molar-refractivity contribution >= 4 is 5.69 Å². The van der Waals surface area contributed by atoms with Crippen molar-refractivity contribution in [2.24, 2.45) is 5.92 Å². The van der Waals surface area contributed by atoms with Gasteiger partial charge in [-0.1, -0.05) is 13.3 Å². The molecule has 0 saturated heterocycles. The molecule has 0 radical (unpaired) electrons. The largest absolute Gasteiger partial charge is 0.380 e. The lowest BCUT2D eigenvalue weighted by atomic mass is 9.84. The molecular formula is C15H20FN5. The van der Waals surface area contributed by atoms with E-state index in [9.17, 15) is 4.39 Å². The predicted octanol–water partition coefficient (Wildman–Crippen LogP) is 3.18. The maximum Gasteiger partial charge on any atom is 0.146 e. The molecule has 1 fully saturated rings. The molecule has 112 valence electrons. The number of benzene rings is 1. The maximum absolute atomic E-state index is 14.0. The third kappa shape index (κ3) is 3.20. The van der Waals surface area contributed by atoms with Crippen molar-refractivity contribution in [3.63, 3.8) is 0 Å². The number of tetrazole rings is 1. The molecule has 1 aliphatic carbocycles. The standard InChI is InChI=1S/C15H20FN5/c1-2-11-3-5-12(6-4-11)18-15-9-13(7-8-14(15)16)21-10-17-19-20-21/h7-12,18H,2-6H2,1H3. The minimum atomic E-state index is -0.232. The van der Waals surface area contributed by atoms with Gasteiger partial charge in [-0.15, -0.1) is 5.10 Å². The number of anilines is 1. The van der Waals surface area contributed by atoms with Gasteiger partial charge in [0.25, 0.3) is 0 Å². The lowest BCUT2D eigenvalue weighted by molar-refractivity contribution is 0.329. The van der Waals surface area contributed by atoms with Crippen LogP contribution in [-0.4, -0.2) is 26.2 Å². The highest BCUT2D eigenvalue weighted by Gasteiger charge is 2.20. The number of rotatable bonds is 4. The van der Waals surface area contributed by atoms with Crippen LogP contribution in [0.25, 0.3) is 5.69 Å². The molecule has 1 N–H and O–H groups in total. The van der Waals surface area contributed by atoms with Crippen LogP contribution in [0.15, 0.2) is 24.5 Å². The number of nitrogens with one attached hydrogen (secondary N) is 1. The Kier molecular flexibility index (Phi) is 4.13. The summed E-state index contributed by atoms with van der Waals surface area (Å²) in [4.78, 5) is 0. The van der Waals surface area contributed by atoms with Crippen molar-refractivity contribution in [2.75, 3.05) is 5.32 Å². The first kappa shape index (κ1) is 14.0. The van der Waals surface area contributed by atoms with Crippen molar-refractivity contribution in [3.05, 3.63) is 30.3 Å². The van der Waals surface area contributed by atoms with E-state index in [1.165, 1.54) is 36.3 Å². The summed E-state index contributed by atoms with van der Waals surface area (Å²) in [6.45, 7) is 2.24. The molecule has 6 heteroatoms. The van der Waals surface area contributed by atoms with E-state index in [2.05, 4.69) is 27.8 Å². The third-order valence-corrected chi connectivity index (χ3v) is 4.35. The summed E-state index contributed by atoms with van der Waals surface area (Å²) in [5, 5.41) is 14.4. The van der Waals surface area contributed by atoms with Crippen molar-refractivity contribution in [1.29, 1.82) is 0 Å². The van der Waals surface area contributed by atoms with Gasteiger partial charge in [0.05, 0.1) is 11.4 Å². The van der Waals surface area contributed by atoms with Crippen LogP contribution in [0.5, 0.6) is 0 Å². The van der Waals surface area contributed by atoms with E-state index in [4.69, 9.17) is 0 Å². The monoisotopic (exact) mass is 289 g/mol. The Balaban J connectivity index is 1.72. The average molecular weight is 289 g/mol. The van der Waals surface area contributed by atoms with Crippen LogP contribution in [0.2, 0.25) is 0 Å². The van der Waals surface area contributed by atoms with Crippen molar-refractivity contribution in [1.82, 2.24) is 20.2 Å². The van der Waals surface area contributed by atoms with E-state index in [0.717, 1.165) is 24.4 Å². The summed E-state index contributed by atoms with van der Waals surface area (Å²) in [5.74, 6) is 0.602. The third-order valence-electron chi connectivity index (χ3n) is 4.35. The van der Waals surface area contributed by atoms with Gasteiger partial charge in [-0.05, 0) is 60.2 Å². The SMILES string of the molecule is CCC1CCC(Nc2cc(-n3cnnn3)ccc2F)CC1. The zero-order valence-electron chi connectivity index (χ0n) is 12.2. The minimum absolute atomic E-state index is 0.232. The highest BCUT2D eigenvalue weighted by molar-refractivity contribution is 5.52. The number of halogens is 1. The molecule has 1 aliphatic rings. The first-order valence-electron chi connectivity index (χ1n) is 7.55. The van der Waals surface area contributed by atoms with Gasteiger partial charge in [-0.25, -0.2) is 9.07 Å². The van der Waals surface area contributed by atoms with Crippen molar-refractivity contribution in [2.45, 2.75) is 45.1 Å². The van der Waals surface area contributed by atoms with E-state index < -0.39 is 0 Å². The van der Waals surface area contributed by atoms with Crippen LogP contribution in [0.4, 0.5) is 10.1 Å². The Morgan fingerprint density at radius 3 is 2.76 bits per heavy atom. The molecule has 0 aliphatic heterocycles. The molecule has 0 unspecified atom stereocenters. The van der Waals surface area contributed by atoms with Gasteiger partial charge in [0.1, 0.15) is 12.1 Å². The van der Waals surface area contributed by atoms with Gasteiger partial charge in [0.2, 0.25) is 0 Å². The van der Waals surface area contributed by atoms with Gasteiger partial charge in [0.15, 0.2) is 0 Å². The lowest BCUT2D eigenvalue weighted by Gasteiger charge is -2.29. The molecular weight excluding hydrogens is 269 g/mol. The summed E-state index contributed by atoms with van der Waals surface area (Å²) >= 11 is 0. The predicted molar refractivity (Wildman–Crippen MR) is 78.8 cm³/mol. The second-order valence-corrected chi connectivity index (χ2v) is 5.69. The van der Waals surface area contributed by atoms with Crippen LogP contribution in [0.1, 0.15) is 39.0 Å². The van der Waals surface area contributed by atoms with Crippen molar-refractivity contribution in [3.8, 4) is 5.69 Å². The zero-order valence-corrected chi connectivity index (χ0v) is 12.2.